The molecule has 0 bridgehead atoms. The average molecular weight is 264 g/mol. The number of anilines is 2. The molecule has 106 valence electrons. The van der Waals surface area contributed by atoms with E-state index in [2.05, 4.69) is 27.8 Å². The first-order valence-corrected chi connectivity index (χ1v) is 6.82. The lowest BCUT2D eigenvalue weighted by Crippen LogP contribution is -2.28. The van der Waals surface area contributed by atoms with Gasteiger partial charge in [0.05, 0.1) is 0 Å². The molecule has 1 heterocycles. The Morgan fingerprint density at radius 2 is 1.79 bits per heavy atom. The smallest absolute Gasteiger partial charge is 0.230 e. The van der Waals surface area contributed by atoms with E-state index in [1.807, 2.05) is 26.8 Å². The Hall–Kier alpha value is -1.65. The van der Waals surface area contributed by atoms with Gasteiger partial charge in [-0.2, -0.15) is 0 Å². The van der Waals surface area contributed by atoms with Gasteiger partial charge in [0.15, 0.2) is 5.82 Å². The zero-order valence-corrected chi connectivity index (χ0v) is 12.3. The number of hydrogen-bond acceptors (Lipinski definition) is 4. The molecule has 19 heavy (non-hydrogen) atoms. The van der Waals surface area contributed by atoms with Crippen LogP contribution in [0.1, 0.15) is 47.0 Å². The summed E-state index contributed by atoms with van der Waals surface area (Å²) in [6.07, 6.45) is 3.53. The number of carbonyl (C=O) groups excluding carboxylic acids is 1. The number of amides is 1. The van der Waals surface area contributed by atoms with Crippen molar-refractivity contribution in [2.75, 3.05) is 17.2 Å². The van der Waals surface area contributed by atoms with Crippen molar-refractivity contribution in [3.63, 3.8) is 0 Å². The summed E-state index contributed by atoms with van der Waals surface area (Å²) in [6.45, 7) is 8.65. The Kier molecular flexibility index (Phi) is 5.73. The van der Waals surface area contributed by atoms with E-state index >= 15 is 0 Å². The van der Waals surface area contributed by atoms with Gasteiger partial charge in [-0.1, -0.05) is 40.5 Å². The van der Waals surface area contributed by atoms with E-state index in [0.29, 0.717) is 5.82 Å². The lowest BCUT2D eigenvalue weighted by atomic mass is 9.96. The minimum absolute atomic E-state index is 0.0644. The number of nitrogens with zero attached hydrogens (tertiary/aromatic N) is 2. The van der Waals surface area contributed by atoms with E-state index < -0.39 is 5.41 Å². The SMILES string of the molecule is CCCCCNc1ccc(NC(=O)C(C)(C)C)nn1. The zero-order chi connectivity index (χ0) is 14.3. The van der Waals surface area contributed by atoms with Gasteiger partial charge < -0.3 is 10.6 Å². The third kappa shape index (κ3) is 5.68. The second-order valence-corrected chi connectivity index (χ2v) is 5.64. The molecule has 0 saturated carbocycles. The van der Waals surface area contributed by atoms with Gasteiger partial charge in [-0.15, -0.1) is 10.2 Å². The van der Waals surface area contributed by atoms with Crippen LogP contribution < -0.4 is 10.6 Å². The Balaban J connectivity index is 2.45. The normalized spacial score (nSPS) is 11.2. The summed E-state index contributed by atoms with van der Waals surface area (Å²) in [4.78, 5) is 11.8. The van der Waals surface area contributed by atoms with Gasteiger partial charge in [-0.25, -0.2) is 0 Å². The van der Waals surface area contributed by atoms with E-state index in [1.54, 1.807) is 6.07 Å². The molecule has 0 saturated heterocycles. The molecule has 0 unspecified atom stereocenters. The van der Waals surface area contributed by atoms with Crippen LogP contribution in [0.3, 0.4) is 0 Å². The minimum Gasteiger partial charge on any atom is -0.369 e. The highest BCUT2D eigenvalue weighted by molar-refractivity contribution is 5.93. The Morgan fingerprint density at radius 1 is 1.16 bits per heavy atom. The fourth-order valence-corrected chi connectivity index (χ4v) is 1.39. The molecule has 1 aromatic heterocycles. The standard InChI is InChI=1S/C14H24N4O/c1-5-6-7-10-15-11-8-9-12(18-17-11)16-13(19)14(2,3)4/h8-9H,5-7,10H2,1-4H3,(H,15,17)(H,16,18,19). The molecule has 5 heteroatoms. The summed E-state index contributed by atoms with van der Waals surface area (Å²) in [5.74, 6) is 1.16. The summed E-state index contributed by atoms with van der Waals surface area (Å²) >= 11 is 0. The molecule has 0 radical (unpaired) electrons. The quantitative estimate of drug-likeness (QED) is 0.775. The number of carbonyl (C=O) groups is 1. The van der Waals surface area contributed by atoms with Crippen LogP contribution in [-0.4, -0.2) is 22.6 Å². The van der Waals surface area contributed by atoms with Gasteiger partial charge in [0.2, 0.25) is 5.91 Å². The van der Waals surface area contributed by atoms with Crippen LogP contribution in [0.25, 0.3) is 0 Å². The van der Waals surface area contributed by atoms with Crippen LogP contribution in [0.2, 0.25) is 0 Å². The van der Waals surface area contributed by atoms with Crippen LogP contribution in [0.4, 0.5) is 11.6 Å². The maximum atomic E-state index is 11.8. The van der Waals surface area contributed by atoms with Crippen molar-refractivity contribution in [2.24, 2.45) is 5.41 Å². The van der Waals surface area contributed by atoms with Crippen LogP contribution in [0.5, 0.6) is 0 Å². The highest BCUT2D eigenvalue weighted by atomic mass is 16.2. The minimum atomic E-state index is -0.432. The molecule has 0 aliphatic carbocycles. The number of nitrogens with one attached hydrogen (secondary N) is 2. The molecular formula is C14H24N4O. The second-order valence-electron chi connectivity index (χ2n) is 5.64. The Bertz CT molecular complexity index is 395. The molecule has 1 amide bonds. The fourth-order valence-electron chi connectivity index (χ4n) is 1.39. The van der Waals surface area contributed by atoms with Gasteiger partial charge in [-0.05, 0) is 18.6 Å². The van der Waals surface area contributed by atoms with E-state index in [9.17, 15) is 4.79 Å². The predicted molar refractivity (Wildman–Crippen MR) is 78.1 cm³/mol. The van der Waals surface area contributed by atoms with Crippen molar-refractivity contribution < 1.29 is 4.79 Å². The van der Waals surface area contributed by atoms with Gasteiger partial charge in [0, 0.05) is 12.0 Å². The molecule has 0 aromatic carbocycles. The van der Waals surface area contributed by atoms with Crippen molar-refractivity contribution in [1.82, 2.24) is 10.2 Å². The zero-order valence-electron chi connectivity index (χ0n) is 12.3. The third-order valence-corrected chi connectivity index (χ3v) is 2.67. The van der Waals surface area contributed by atoms with Crippen LogP contribution in [0.15, 0.2) is 12.1 Å². The first-order valence-electron chi connectivity index (χ1n) is 6.82. The fraction of sp³-hybridized carbons (Fsp3) is 0.643. The number of rotatable bonds is 6. The van der Waals surface area contributed by atoms with Crippen LogP contribution in [0, 0.1) is 5.41 Å². The molecular weight excluding hydrogens is 240 g/mol. The van der Waals surface area contributed by atoms with Gasteiger partial charge >= 0.3 is 0 Å². The van der Waals surface area contributed by atoms with E-state index in [0.717, 1.165) is 18.8 Å². The summed E-state index contributed by atoms with van der Waals surface area (Å²) in [5, 5.41) is 14.0. The summed E-state index contributed by atoms with van der Waals surface area (Å²) < 4.78 is 0. The van der Waals surface area contributed by atoms with E-state index in [-0.39, 0.29) is 5.91 Å². The Morgan fingerprint density at radius 3 is 2.32 bits per heavy atom. The first kappa shape index (κ1) is 15.4. The second kappa shape index (κ2) is 7.07. The van der Waals surface area contributed by atoms with E-state index in [1.165, 1.54) is 12.8 Å². The molecule has 5 nitrogen and oxygen atoms in total. The lowest BCUT2D eigenvalue weighted by Gasteiger charge is -2.16. The van der Waals surface area contributed by atoms with Crippen molar-refractivity contribution in [1.29, 1.82) is 0 Å². The largest absolute Gasteiger partial charge is 0.369 e. The van der Waals surface area contributed by atoms with Crippen molar-refractivity contribution >= 4 is 17.5 Å². The van der Waals surface area contributed by atoms with Gasteiger partial charge in [0.25, 0.3) is 0 Å². The van der Waals surface area contributed by atoms with E-state index in [4.69, 9.17) is 0 Å². The molecule has 0 spiro atoms. The maximum Gasteiger partial charge on any atom is 0.230 e. The monoisotopic (exact) mass is 264 g/mol. The topological polar surface area (TPSA) is 66.9 Å². The third-order valence-electron chi connectivity index (χ3n) is 2.67. The van der Waals surface area contributed by atoms with Gasteiger partial charge in [0.1, 0.15) is 5.82 Å². The summed E-state index contributed by atoms with van der Waals surface area (Å²) in [7, 11) is 0. The lowest BCUT2D eigenvalue weighted by molar-refractivity contribution is -0.123. The number of aromatic nitrogens is 2. The van der Waals surface area contributed by atoms with Crippen LogP contribution >= 0.6 is 0 Å². The maximum absolute atomic E-state index is 11.8. The molecule has 1 rings (SSSR count). The summed E-state index contributed by atoms with van der Waals surface area (Å²) in [5.41, 5.74) is -0.432. The Labute approximate surface area is 115 Å². The summed E-state index contributed by atoms with van der Waals surface area (Å²) in [6, 6.07) is 3.59. The first-order chi connectivity index (χ1) is 8.93. The number of unbranched alkanes of at least 4 members (excludes halogenated alkanes) is 2. The van der Waals surface area contributed by atoms with Crippen molar-refractivity contribution in [3.05, 3.63) is 12.1 Å². The predicted octanol–water partition coefficient (Wildman–Crippen LogP) is 3.06. The van der Waals surface area contributed by atoms with Crippen LogP contribution in [-0.2, 0) is 4.79 Å². The van der Waals surface area contributed by atoms with Crippen molar-refractivity contribution in [3.8, 4) is 0 Å². The van der Waals surface area contributed by atoms with Gasteiger partial charge in [-0.3, -0.25) is 4.79 Å². The molecule has 2 N–H and O–H groups in total. The molecule has 0 aliphatic heterocycles. The molecule has 1 aromatic rings. The molecule has 0 fully saturated rings. The highest BCUT2D eigenvalue weighted by Crippen LogP contribution is 2.16. The molecule has 0 aliphatic rings. The average Bonchev–Trinajstić information content (AvgIpc) is 2.35. The van der Waals surface area contributed by atoms with Crippen molar-refractivity contribution in [2.45, 2.75) is 47.0 Å². The highest BCUT2D eigenvalue weighted by Gasteiger charge is 2.21. The number of hydrogen-bond donors (Lipinski definition) is 2. The molecule has 0 atom stereocenters.